The Kier molecular flexibility index (Phi) is 4.11. The second kappa shape index (κ2) is 5.14. The second-order valence-corrected chi connectivity index (χ2v) is 3.87. The molecule has 3 nitrogen and oxygen atoms in total. The molecule has 0 amide bonds. The molecule has 0 aromatic heterocycles. The number of carboxylic acid groups (broad SMARTS) is 1. The third-order valence-electron chi connectivity index (χ3n) is 2.11. The Morgan fingerprint density at radius 2 is 2.33 bits per heavy atom. The first-order chi connectivity index (χ1) is 7.10. The molecule has 5 heteroatoms. The van der Waals surface area contributed by atoms with Gasteiger partial charge in [0.15, 0.2) is 0 Å². The van der Waals surface area contributed by atoms with Gasteiger partial charge in [-0.2, -0.15) is 0 Å². The molecule has 0 aliphatic rings. The van der Waals surface area contributed by atoms with Gasteiger partial charge in [-0.3, -0.25) is 4.79 Å². The largest absolute Gasteiger partial charge is 0.481 e. The van der Waals surface area contributed by atoms with Crippen LogP contribution in [0.4, 0.5) is 4.39 Å². The maximum absolute atomic E-state index is 13.1. The van der Waals surface area contributed by atoms with Crippen molar-refractivity contribution in [2.45, 2.75) is 10.8 Å². The molecule has 0 fully saturated rings. The van der Waals surface area contributed by atoms with Crippen LogP contribution in [-0.4, -0.2) is 23.9 Å². The van der Waals surface area contributed by atoms with Gasteiger partial charge in [-0.15, -0.1) is 11.8 Å². The lowest BCUT2D eigenvalue weighted by Crippen LogP contribution is -2.21. The van der Waals surface area contributed by atoms with Crippen molar-refractivity contribution in [3.63, 3.8) is 0 Å². The van der Waals surface area contributed by atoms with E-state index in [9.17, 15) is 9.18 Å². The second-order valence-electron chi connectivity index (χ2n) is 3.02. The summed E-state index contributed by atoms with van der Waals surface area (Å²) < 4.78 is 13.1. The van der Waals surface area contributed by atoms with Crippen LogP contribution in [0.25, 0.3) is 0 Å². The van der Waals surface area contributed by atoms with Crippen molar-refractivity contribution < 1.29 is 14.3 Å². The number of hydrogen-bond acceptors (Lipinski definition) is 3. The molecule has 1 atom stereocenters. The molecular weight excluding hydrogens is 217 g/mol. The standard InChI is InChI=1S/C10H12FNO2S/c1-15-9-4-6(2-3-8(9)11)7(5-12)10(13)14/h2-4,7H,5,12H2,1H3,(H,13,14). The normalized spacial score (nSPS) is 12.5. The zero-order valence-corrected chi connectivity index (χ0v) is 9.05. The van der Waals surface area contributed by atoms with Crippen LogP contribution < -0.4 is 5.73 Å². The smallest absolute Gasteiger partial charge is 0.312 e. The summed E-state index contributed by atoms with van der Waals surface area (Å²) in [5.41, 5.74) is 5.89. The van der Waals surface area contributed by atoms with Gasteiger partial charge in [0, 0.05) is 11.4 Å². The summed E-state index contributed by atoms with van der Waals surface area (Å²) in [4.78, 5) is 11.3. The van der Waals surface area contributed by atoms with Crippen molar-refractivity contribution in [2.24, 2.45) is 5.73 Å². The molecule has 1 rings (SSSR count). The fourth-order valence-electron chi connectivity index (χ4n) is 1.27. The number of aliphatic carboxylic acids is 1. The van der Waals surface area contributed by atoms with Gasteiger partial charge >= 0.3 is 5.97 Å². The van der Waals surface area contributed by atoms with Gasteiger partial charge in [0.1, 0.15) is 5.82 Å². The molecule has 3 N–H and O–H groups in total. The molecule has 0 aliphatic carbocycles. The molecule has 0 saturated heterocycles. The zero-order chi connectivity index (χ0) is 11.4. The van der Waals surface area contributed by atoms with Gasteiger partial charge in [-0.25, -0.2) is 4.39 Å². The first kappa shape index (κ1) is 12.0. The van der Waals surface area contributed by atoms with E-state index in [0.717, 1.165) is 0 Å². The van der Waals surface area contributed by atoms with E-state index in [0.29, 0.717) is 10.5 Å². The lowest BCUT2D eigenvalue weighted by molar-refractivity contribution is -0.138. The molecule has 1 aromatic rings. The number of rotatable bonds is 4. The third-order valence-corrected chi connectivity index (χ3v) is 2.86. The first-order valence-corrected chi connectivity index (χ1v) is 5.59. The van der Waals surface area contributed by atoms with Crippen molar-refractivity contribution >= 4 is 17.7 Å². The van der Waals surface area contributed by atoms with Gasteiger partial charge in [-0.1, -0.05) is 6.07 Å². The monoisotopic (exact) mass is 229 g/mol. The van der Waals surface area contributed by atoms with Crippen molar-refractivity contribution in [1.82, 2.24) is 0 Å². The number of benzene rings is 1. The van der Waals surface area contributed by atoms with E-state index in [4.69, 9.17) is 10.8 Å². The fourth-order valence-corrected chi connectivity index (χ4v) is 1.79. The van der Waals surface area contributed by atoms with Crippen LogP contribution in [0.15, 0.2) is 23.1 Å². The Morgan fingerprint density at radius 3 is 2.80 bits per heavy atom. The molecule has 0 aliphatic heterocycles. The van der Waals surface area contributed by atoms with Gasteiger partial charge in [0.2, 0.25) is 0 Å². The highest BCUT2D eigenvalue weighted by molar-refractivity contribution is 7.98. The SMILES string of the molecule is CSc1cc(C(CN)C(=O)O)ccc1F. The average molecular weight is 229 g/mol. The van der Waals surface area contributed by atoms with E-state index in [-0.39, 0.29) is 12.4 Å². The topological polar surface area (TPSA) is 63.3 Å². The van der Waals surface area contributed by atoms with Gasteiger partial charge in [0.05, 0.1) is 5.92 Å². The minimum Gasteiger partial charge on any atom is -0.481 e. The predicted molar refractivity (Wildman–Crippen MR) is 57.6 cm³/mol. The molecular formula is C10H12FNO2S. The maximum Gasteiger partial charge on any atom is 0.312 e. The van der Waals surface area contributed by atoms with Gasteiger partial charge in [-0.05, 0) is 24.0 Å². The summed E-state index contributed by atoms with van der Waals surface area (Å²) in [6.07, 6.45) is 1.74. The van der Waals surface area contributed by atoms with E-state index in [1.54, 1.807) is 6.26 Å². The number of hydrogen-bond donors (Lipinski definition) is 2. The van der Waals surface area contributed by atoms with Crippen LogP contribution >= 0.6 is 11.8 Å². The molecule has 0 radical (unpaired) electrons. The Hall–Kier alpha value is -1.07. The van der Waals surface area contributed by atoms with Gasteiger partial charge < -0.3 is 10.8 Å². The van der Waals surface area contributed by atoms with Crippen LogP contribution in [0.5, 0.6) is 0 Å². The van der Waals surface area contributed by atoms with Crippen molar-refractivity contribution in [1.29, 1.82) is 0 Å². The zero-order valence-electron chi connectivity index (χ0n) is 8.24. The molecule has 0 heterocycles. The first-order valence-electron chi connectivity index (χ1n) is 4.36. The molecule has 0 saturated carbocycles. The van der Waals surface area contributed by atoms with Crippen molar-refractivity contribution in [3.8, 4) is 0 Å². The van der Waals surface area contributed by atoms with E-state index in [1.807, 2.05) is 0 Å². The number of carbonyl (C=O) groups is 1. The lowest BCUT2D eigenvalue weighted by Gasteiger charge is -2.11. The third kappa shape index (κ3) is 2.70. The highest BCUT2D eigenvalue weighted by Gasteiger charge is 2.18. The molecule has 1 unspecified atom stereocenters. The minimum atomic E-state index is -0.990. The fraction of sp³-hybridized carbons (Fsp3) is 0.300. The number of nitrogens with two attached hydrogens (primary N) is 1. The van der Waals surface area contributed by atoms with Crippen LogP contribution in [0.2, 0.25) is 0 Å². The Balaban J connectivity index is 3.09. The van der Waals surface area contributed by atoms with E-state index >= 15 is 0 Å². The highest BCUT2D eigenvalue weighted by atomic mass is 32.2. The summed E-state index contributed by atoms with van der Waals surface area (Å²) in [6.45, 7) is 0.00872. The van der Waals surface area contributed by atoms with Crippen LogP contribution in [0.1, 0.15) is 11.5 Å². The van der Waals surface area contributed by atoms with E-state index < -0.39 is 11.9 Å². The molecule has 15 heavy (non-hydrogen) atoms. The Morgan fingerprint density at radius 1 is 1.67 bits per heavy atom. The molecule has 82 valence electrons. The molecule has 0 bridgehead atoms. The van der Waals surface area contributed by atoms with E-state index in [1.165, 1.54) is 30.0 Å². The Bertz CT molecular complexity index is 370. The number of halogens is 1. The maximum atomic E-state index is 13.1. The minimum absolute atomic E-state index is 0.00872. The average Bonchev–Trinajstić information content (AvgIpc) is 2.21. The quantitative estimate of drug-likeness (QED) is 0.771. The lowest BCUT2D eigenvalue weighted by atomic mass is 10.00. The summed E-state index contributed by atoms with van der Waals surface area (Å²) in [7, 11) is 0. The van der Waals surface area contributed by atoms with Crippen molar-refractivity contribution in [2.75, 3.05) is 12.8 Å². The summed E-state index contributed by atoms with van der Waals surface area (Å²) in [5.74, 6) is -2.10. The summed E-state index contributed by atoms with van der Waals surface area (Å²) in [5, 5.41) is 8.88. The Labute approximate surface area is 91.5 Å². The van der Waals surface area contributed by atoms with Gasteiger partial charge in [0.25, 0.3) is 0 Å². The number of carboxylic acids is 1. The molecule has 1 aromatic carbocycles. The van der Waals surface area contributed by atoms with Crippen LogP contribution in [-0.2, 0) is 4.79 Å². The summed E-state index contributed by atoms with van der Waals surface area (Å²) >= 11 is 1.24. The number of thioether (sulfide) groups is 1. The van der Waals surface area contributed by atoms with Crippen LogP contribution in [0.3, 0.4) is 0 Å². The molecule has 0 spiro atoms. The predicted octanol–water partition coefficient (Wildman–Crippen LogP) is 1.67. The summed E-state index contributed by atoms with van der Waals surface area (Å²) in [6, 6.07) is 4.26. The van der Waals surface area contributed by atoms with Crippen molar-refractivity contribution in [3.05, 3.63) is 29.6 Å². The highest BCUT2D eigenvalue weighted by Crippen LogP contribution is 2.24. The van der Waals surface area contributed by atoms with Crippen LogP contribution in [0, 0.1) is 5.82 Å². The van der Waals surface area contributed by atoms with E-state index in [2.05, 4.69) is 0 Å².